The second kappa shape index (κ2) is 5.54. The molecule has 3 heteroatoms. The van der Waals surface area contributed by atoms with Crippen LogP contribution in [0.4, 0.5) is 4.79 Å². The number of nitrogens with one attached hydrogen (secondary N) is 2. The van der Waals surface area contributed by atoms with Crippen LogP contribution < -0.4 is 10.6 Å². The van der Waals surface area contributed by atoms with Crippen molar-refractivity contribution in [3.8, 4) is 0 Å². The average Bonchev–Trinajstić information content (AvgIpc) is 2.30. The molecule has 88 valence electrons. The van der Waals surface area contributed by atoms with E-state index in [2.05, 4.69) is 17.6 Å². The molecule has 16 heavy (non-hydrogen) atoms. The Bertz CT molecular complexity index is 337. The van der Waals surface area contributed by atoms with E-state index in [1.165, 1.54) is 0 Å². The van der Waals surface area contributed by atoms with E-state index in [4.69, 9.17) is 0 Å². The van der Waals surface area contributed by atoms with E-state index in [0.717, 1.165) is 12.0 Å². The minimum Gasteiger partial charge on any atom is -0.338 e. The molecule has 0 heterocycles. The van der Waals surface area contributed by atoms with Crippen molar-refractivity contribution in [2.45, 2.75) is 32.7 Å². The Morgan fingerprint density at radius 2 is 1.88 bits per heavy atom. The number of urea groups is 1. The highest BCUT2D eigenvalue weighted by molar-refractivity contribution is 5.74. The summed E-state index contributed by atoms with van der Waals surface area (Å²) < 4.78 is 0. The molecule has 0 aliphatic heterocycles. The molecule has 0 radical (unpaired) electrons. The van der Waals surface area contributed by atoms with Crippen molar-refractivity contribution in [2.75, 3.05) is 6.54 Å². The molecule has 2 amide bonds. The number of hydrogen-bond acceptors (Lipinski definition) is 1. The largest absolute Gasteiger partial charge is 0.338 e. The Hall–Kier alpha value is -1.51. The van der Waals surface area contributed by atoms with E-state index in [1.807, 2.05) is 44.2 Å². The van der Waals surface area contributed by atoms with Crippen molar-refractivity contribution in [3.05, 3.63) is 35.9 Å². The van der Waals surface area contributed by atoms with Crippen LogP contribution in [0.1, 0.15) is 32.8 Å². The number of amides is 2. The summed E-state index contributed by atoms with van der Waals surface area (Å²) in [5.74, 6) is 0. The van der Waals surface area contributed by atoms with Crippen molar-refractivity contribution < 1.29 is 4.79 Å². The molecule has 0 spiro atoms. The predicted molar refractivity (Wildman–Crippen MR) is 66.3 cm³/mol. The summed E-state index contributed by atoms with van der Waals surface area (Å²) in [6.45, 7) is 6.66. The lowest BCUT2D eigenvalue weighted by Crippen LogP contribution is -2.47. The minimum absolute atomic E-state index is 0.115. The van der Waals surface area contributed by atoms with Crippen LogP contribution in [0.3, 0.4) is 0 Å². The van der Waals surface area contributed by atoms with Gasteiger partial charge in [0, 0.05) is 6.54 Å². The minimum atomic E-state index is -0.305. The second-order valence-corrected chi connectivity index (χ2v) is 4.04. The summed E-state index contributed by atoms with van der Waals surface area (Å²) >= 11 is 0. The molecule has 0 aromatic heterocycles. The topological polar surface area (TPSA) is 41.1 Å². The summed E-state index contributed by atoms with van der Waals surface area (Å²) in [6, 6.07) is 9.92. The Morgan fingerprint density at radius 3 is 2.38 bits per heavy atom. The summed E-state index contributed by atoms with van der Waals surface area (Å²) in [5, 5.41) is 5.77. The van der Waals surface area contributed by atoms with E-state index >= 15 is 0 Å². The lowest BCUT2D eigenvalue weighted by atomic mass is 9.89. The first kappa shape index (κ1) is 12.6. The van der Waals surface area contributed by atoms with Crippen molar-refractivity contribution >= 4 is 6.03 Å². The zero-order valence-corrected chi connectivity index (χ0v) is 10.2. The van der Waals surface area contributed by atoms with E-state index < -0.39 is 0 Å². The van der Waals surface area contributed by atoms with Crippen molar-refractivity contribution in [2.24, 2.45) is 0 Å². The molecule has 0 fully saturated rings. The van der Waals surface area contributed by atoms with Crippen LogP contribution in [0, 0.1) is 0 Å². The van der Waals surface area contributed by atoms with Crippen LogP contribution in [0.2, 0.25) is 0 Å². The van der Waals surface area contributed by atoms with E-state index in [0.29, 0.717) is 6.54 Å². The third-order valence-electron chi connectivity index (χ3n) is 2.84. The summed E-state index contributed by atoms with van der Waals surface area (Å²) in [4.78, 5) is 11.6. The van der Waals surface area contributed by atoms with Gasteiger partial charge in [0.05, 0.1) is 5.54 Å². The molecular formula is C13H20N2O. The van der Waals surface area contributed by atoms with Gasteiger partial charge in [-0.1, -0.05) is 37.3 Å². The number of rotatable bonds is 4. The van der Waals surface area contributed by atoms with E-state index in [-0.39, 0.29) is 11.6 Å². The molecule has 2 N–H and O–H groups in total. The Balaban J connectivity index is 2.82. The molecule has 0 unspecified atom stereocenters. The van der Waals surface area contributed by atoms with Gasteiger partial charge in [0.15, 0.2) is 0 Å². The number of hydrogen-bond donors (Lipinski definition) is 2. The van der Waals surface area contributed by atoms with Crippen LogP contribution in [-0.2, 0) is 5.54 Å². The van der Waals surface area contributed by atoms with Crippen LogP contribution >= 0.6 is 0 Å². The Labute approximate surface area is 97.2 Å². The lowest BCUT2D eigenvalue weighted by molar-refractivity contribution is 0.226. The first-order valence-corrected chi connectivity index (χ1v) is 5.74. The van der Waals surface area contributed by atoms with Gasteiger partial charge in [-0.3, -0.25) is 0 Å². The fourth-order valence-corrected chi connectivity index (χ4v) is 1.63. The van der Waals surface area contributed by atoms with Gasteiger partial charge in [0.25, 0.3) is 0 Å². The molecule has 1 rings (SSSR count). The molecule has 1 atom stereocenters. The van der Waals surface area contributed by atoms with Gasteiger partial charge in [-0.05, 0) is 25.8 Å². The smallest absolute Gasteiger partial charge is 0.315 e. The third-order valence-corrected chi connectivity index (χ3v) is 2.84. The number of benzene rings is 1. The fourth-order valence-electron chi connectivity index (χ4n) is 1.63. The van der Waals surface area contributed by atoms with Gasteiger partial charge in [0.1, 0.15) is 0 Å². The number of carbonyl (C=O) groups is 1. The summed E-state index contributed by atoms with van der Waals surface area (Å²) in [6.07, 6.45) is 0.855. The van der Waals surface area contributed by atoms with Crippen LogP contribution in [0.25, 0.3) is 0 Å². The van der Waals surface area contributed by atoms with Gasteiger partial charge in [-0.15, -0.1) is 0 Å². The zero-order valence-electron chi connectivity index (χ0n) is 10.2. The molecule has 1 aromatic rings. The highest BCUT2D eigenvalue weighted by Crippen LogP contribution is 2.23. The number of carbonyl (C=O) groups excluding carboxylic acids is 1. The highest BCUT2D eigenvalue weighted by atomic mass is 16.2. The van der Waals surface area contributed by atoms with Crippen LogP contribution in [-0.4, -0.2) is 12.6 Å². The Morgan fingerprint density at radius 1 is 1.25 bits per heavy atom. The highest BCUT2D eigenvalue weighted by Gasteiger charge is 2.25. The summed E-state index contributed by atoms with van der Waals surface area (Å²) in [7, 11) is 0. The average molecular weight is 220 g/mol. The first-order valence-electron chi connectivity index (χ1n) is 5.74. The molecule has 1 aromatic carbocycles. The van der Waals surface area contributed by atoms with Crippen molar-refractivity contribution in [3.63, 3.8) is 0 Å². The van der Waals surface area contributed by atoms with Gasteiger partial charge in [0.2, 0.25) is 0 Å². The maximum atomic E-state index is 11.6. The van der Waals surface area contributed by atoms with Gasteiger partial charge in [-0.25, -0.2) is 4.79 Å². The van der Waals surface area contributed by atoms with E-state index in [1.54, 1.807) is 0 Å². The van der Waals surface area contributed by atoms with Crippen molar-refractivity contribution in [1.82, 2.24) is 10.6 Å². The molecule has 0 saturated heterocycles. The zero-order chi connectivity index (χ0) is 12.0. The Kier molecular flexibility index (Phi) is 4.35. The second-order valence-electron chi connectivity index (χ2n) is 4.04. The fraction of sp³-hybridized carbons (Fsp3) is 0.462. The maximum Gasteiger partial charge on any atom is 0.315 e. The summed E-state index contributed by atoms with van der Waals surface area (Å²) in [5.41, 5.74) is 0.823. The lowest BCUT2D eigenvalue weighted by Gasteiger charge is -2.30. The predicted octanol–water partition coefficient (Wildman–Crippen LogP) is 2.63. The maximum absolute atomic E-state index is 11.6. The van der Waals surface area contributed by atoms with Crippen LogP contribution in [0.15, 0.2) is 30.3 Å². The van der Waals surface area contributed by atoms with Gasteiger partial charge < -0.3 is 10.6 Å². The molecule has 3 nitrogen and oxygen atoms in total. The molecule has 0 aliphatic carbocycles. The quantitative estimate of drug-likeness (QED) is 0.804. The molecular weight excluding hydrogens is 200 g/mol. The molecule has 0 aliphatic rings. The third kappa shape index (κ3) is 2.99. The van der Waals surface area contributed by atoms with Gasteiger partial charge in [-0.2, -0.15) is 0 Å². The monoisotopic (exact) mass is 220 g/mol. The normalized spacial score (nSPS) is 13.9. The SMILES string of the molecule is CCNC(=O)N[C@@](C)(CC)c1ccccc1. The first-order chi connectivity index (χ1) is 7.62. The molecule has 0 bridgehead atoms. The molecule has 0 saturated carbocycles. The van der Waals surface area contributed by atoms with Crippen molar-refractivity contribution in [1.29, 1.82) is 0 Å². The van der Waals surface area contributed by atoms with E-state index in [9.17, 15) is 4.79 Å². The van der Waals surface area contributed by atoms with Gasteiger partial charge >= 0.3 is 6.03 Å². The van der Waals surface area contributed by atoms with Crippen LogP contribution in [0.5, 0.6) is 0 Å². The standard InChI is InChI=1S/C13H20N2O/c1-4-13(3,15-12(16)14-5-2)11-9-7-6-8-10-11/h6-10H,4-5H2,1-3H3,(H2,14,15,16)/t13-/m0/s1.